The largest absolute Gasteiger partial charge is 0.417 e. The van der Waals surface area contributed by atoms with Gasteiger partial charge >= 0.3 is 6.18 Å². The first-order chi connectivity index (χ1) is 13.7. The monoisotopic (exact) mass is 409 g/mol. The summed E-state index contributed by atoms with van der Waals surface area (Å²) in [6, 6.07) is 2.05. The van der Waals surface area contributed by atoms with Crippen molar-refractivity contribution < 1.29 is 22.8 Å². The predicted octanol–water partition coefficient (Wildman–Crippen LogP) is 2.73. The maximum Gasteiger partial charge on any atom is 0.417 e. The van der Waals surface area contributed by atoms with Crippen LogP contribution in [0.2, 0.25) is 0 Å². The average molecular weight is 409 g/mol. The first-order valence-corrected chi connectivity index (χ1v) is 9.37. The molecule has 1 N–H and O–H groups in total. The molecule has 2 aromatic rings. The number of hydrogen-bond acceptors (Lipinski definition) is 4. The van der Waals surface area contributed by atoms with Gasteiger partial charge in [-0.1, -0.05) is 6.92 Å². The van der Waals surface area contributed by atoms with Crippen LogP contribution in [0, 0.1) is 6.92 Å². The standard InChI is InChI=1S/C19H22F3N5O2/c1-3-17(28)25-14-5-4-8-26(11-14)18(29)15-10-24-27(12(15)2)16-7-6-13(9-23-16)19(20,21)22/h6-7,9-10,14H,3-5,8,11H2,1-2H3,(H,25,28). The Hall–Kier alpha value is -2.91. The highest BCUT2D eigenvalue weighted by atomic mass is 19.4. The molecule has 1 aliphatic rings. The lowest BCUT2D eigenvalue weighted by Crippen LogP contribution is -2.49. The minimum Gasteiger partial charge on any atom is -0.352 e. The molecule has 10 heteroatoms. The highest BCUT2D eigenvalue weighted by Gasteiger charge is 2.31. The summed E-state index contributed by atoms with van der Waals surface area (Å²) in [5.74, 6) is -0.0842. The summed E-state index contributed by atoms with van der Waals surface area (Å²) in [4.78, 5) is 30.1. The van der Waals surface area contributed by atoms with Crippen molar-refractivity contribution in [3.05, 3.63) is 41.3 Å². The molecule has 7 nitrogen and oxygen atoms in total. The van der Waals surface area contributed by atoms with Gasteiger partial charge in [-0.15, -0.1) is 0 Å². The smallest absolute Gasteiger partial charge is 0.352 e. The number of amides is 2. The van der Waals surface area contributed by atoms with Gasteiger partial charge in [-0.25, -0.2) is 9.67 Å². The Morgan fingerprint density at radius 3 is 2.66 bits per heavy atom. The summed E-state index contributed by atoms with van der Waals surface area (Å²) < 4.78 is 39.5. The lowest BCUT2D eigenvalue weighted by atomic mass is 10.0. The summed E-state index contributed by atoms with van der Waals surface area (Å²) in [5.41, 5.74) is -0.00742. The molecule has 0 aliphatic carbocycles. The Morgan fingerprint density at radius 1 is 1.28 bits per heavy atom. The third-order valence-electron chi connectivity index (χ3n) is 4.93. The second-order valence-corrected chi connectivity index (χ2v) is 6.97. The van der Waals surface area contributed by atoms with Crippen LogP contribution in [0.4, 0.5) is 13.2 Å². The van der Waals surface area contributed by atoms with Crippen molar-refractivity contribution in [2.45, 2.75) is 45.3 Å². The van der Waals surface area contributed by atoms with Gasteiger partial charge in [0.15, 0.2) is 5.82 Å². The molecule has 29 heavy (non-hydrogen) atoms. The summed E-state index contributed by atoms with van der Waals surface area (Å²) >= 11 is 0. The maximum absolute atomic E-state index is 12.9. The van der Waals surface area contributed by atoms with E-state index in [1.54, 1.807) is 18.7 Å². The zero-order valence-corrected chi connectivity index (χ0v) is 16.2. The Balaban J connectivity index is 1.76. The second-order valence-electron chi connectivity index (χ2n) is 6.97. The van der Waals surface area contributed by atoms with Crippen LogP contribution in [0.15, 0.2) is 24.5 Å². The number of alkyl halides is 3. The molecule has 1 atom stereocenters. The second kappa shape index (κ2) is 8.22. The van der Waals surface area contributed by atoms with E-state index in [0.717, 1.165) is 25.1 Å². The molecule has 3 heterocycles. The number of nitrogens with one attached hydrogen (secondary N) is 1. The van der Waals surface area contributed by atoms with Crippen molar-refractivity contribution in [2.24, 2.45) is 0 Å². The number of piperidine rings is 1. The summed E-state index contributed by atoms with van der Waals surface area (Å²) in [5, 5.41) is 7.04. The van der Waals surface area contributed by atoms with Gasteiger partial charge in [0.25, 0.3) is 5.91 Å². The number of likely N-dealkylation sites (tertiary alicyclic amines) is 1. The van der Waals surface area contributed by atoms with Crippen LogP contribution >= 0.6 is 0 Å². The lowest BCUT2D eigenvalue weighted by molar-refractivity contribution is -0.137. The van der Waals surface area contributed by atoms with E-state index in [4.69, 9.17) is 0 Å². The Morgan fingerprint density at radius 2 is 2.03 bits per heavy atom. The molecule has 156 valence electrons. The van der Waals surface area contributed by atoms with Crippen molar-refractivity contribution in [3.8, 4) is 5.82 Å². The van der Waals surface area contributed by atoms with Crippen LogP contribution in [0.5, 0.6) is 0 Å². The van der Waals surface area contributed by atoms with E-state index in [0.29, 0.717) is 30.8 Å². The number of pyridine rings is 1. The van der Waals surface area contributed by atoms with Crippen LogP contribution in [0.1, 0.15) is 47.8 Å². The van der Waals surface area contributed by atoms with Gasteiger partial charge < -0.3 is 10.2 Å². The first kappa shape index (κ1) is 20.8. The number of nitrogens with zero attached hydrogens (tertiary/aromatic N) is 4. The fourth-order valence-corrected chi connectivity index (χ4v) is 3.31. The van der Waals surface area contributed by atoms with Gasteiger partial charge in [-0.3, -0.25) is 9.59 Å². The van der Waals surface area contributed by atoms with Crippen LogP contribution in [-0.4, -0.2) is 50.6 Å². The third-order valence-corrected chi connectivity index (χ3v) is 4.93. The van der Waals surface area contributed by atoms with Gasteiger partial charge in [-0.2, -0.15) is 18.3 Å². The molecule has 1 unspecified atom stereocenters. The van der Waals surface area contributed by atoms with E-state index in [1.165, 1.54) is 16.9 Å². The third kappa shape index (κ3) is 4.57. The zero-order valence-electron chi connectivity index (χ0n) is 16.2. The van der Waals surface area contributed by atoms with E-state index >= 15 is 0 Å². The van der Waals surface area contributed by atoms with Gasteiger partial charge in [0.2, 0.25) is 5.91 Å². The van der Waals surface area contributed by atoms with Crippen molar-refractivity contribution >= 4 is 11.8 Å². The molecule has 0 saturated carbocycles. The summed E-state index contributed by atoms with van der Waals surface area (Å²) in [6.45, 7) is 4.42. The molecule has 2 amide bonds. The van der Waals surface area contributed by atoms with Crippen molar-refractivity contribution in [1.82, 2.24) is 25.0 Å². The molecule has 0 radical (unpaired) electrons. The van der Waals surface area contributed by atoms with E-state index < -0.39 is 11.7 Å². The highest BCUT2D eigenvalue weighted by molar-refractivity contribution is 5.95. The number of hydrogen-bond donors (Lipinski definition) is 1. The average Bonchev–Trinajstić information content (AvgIpc) is 3.08. The Bertz CT molecular complexity index is 892. The Kier molecular flexibility index (Phi) is 5.90. The normalized spacial score (nSPS) is 17.3. The van der Waals surface area contributed by atoms with E-state index in [-0.39, 0.29) is 23.7 Å². The molecule has 1 saturated heterocycles. The number of aromatic nitrogens is 3. The number of rotatable bonds is 4. The molecule has 2 aromatic heterocycles. The molecular weight excluding hydrogens is 387 g/mol. The molecule has 0 bridgehead atoms. The molecule has 1 aliphatic heterocycles. The highest BCUT2D eigenvalue weighted by Crippen LogP contribution is 2.29. The topological polar surface area (TPSA) is 80.1 Å². The number of carbonyl (C=O) groups excluding carboxylic acids is 2. The van der Waals surface area contributed by atoms with Crippen molar-refractivity contribution in [3.63, 3.8) is 0 Å². The zero-order chi connectivity index (χ0) is 21.2. The van der Waals surface area contributed by atoms with Crippen LogP contribution < -0.4 is 5.32 Å². The van der Waals surface area contributed by atoms with Crippen LogP contribution in [-0.2, 0) is 11.0 Å². The van der Waals surface area contributed by atoms with E-state index in [1.807, 2.05) is 0 Å². The number of halogens is 3. The van der Waals surface area contributed by atoms with Gasteiger partial charge in [0.1, 0.15) is 0 Å². The van der Waals surface area contributed by atoms with E-state index in [2.05, 4.69) is 15.4 Å². The minimum absolute atomic E-state index is 0.0540. The van der Waals surface area contributed by atoms with Gasteiger partial charge in [-0.05, 0) is 31.9 Å². The molecule has 0 spiro atoms. The molecular formula is C19H22F3N5O2. The number of carbonyl (C=O) groups is 2. The Labute approximate surface area is 165 Å². The SMILES string of the molecule is CCC(=O)NC1CCCN(C(=O)c2cnn(-c3ccc(C(F)(F)F)cn3)c2C)C1. The molecule has 3 rings (SSSR count). The molecule has 0 aromatic carbocycles. The van der Waals surface area contributed by atoms with Crippen LogP contribution in [0.3, 0.4) is 0 Å². The van der Waals surface area contributed by atoms with Crippen molar-refractivity contribution in [2.75, 3.05) is 13.1 Å². The first-order valence-electron chi connectivity index (χ1n) is 9.37. The summed E-state index contributed by atoms with van der Waals surface area (Å²) in [6.07, 6.45) is -0.369. The van der Waals surface area contributed by atoms with Gasteiger partial charge in [0, 0.05) is 31.7 Å². The fraction of sp³-hybridized carbons (Fsp3) is 0.474. The van der Waals surface area contributed by atoms with E-state index in [9.17, 15) is 22.8 Å². The molecule has 1 fully saturated rings. The maximum atomic E-state index is 12.9. The van der Waals surface area contributed by atoms with Crippen molar-refractivity contribution in [1.29, 1.82) is 0 Å². The van der Waals surface area contributed by atoms with Crippen LogP contribution in [0.25, 0.3) is 5.82 Å². The fourth-order valence-electron chi connectivity index (χ4n) is 3.31. The quantitative estimate of drug-likeness (QED) is 0.842. The van der Waals surface area contributed by atoms with Gasteiger partial charge in [0.05, 0.1) is 23.0 Å². The minimum atomic E-state index is -4.47. The lowest BCUT2D eigenvalue weighted by Gasteiger charge is -2.33. The summed E-state index contributed by atoms with van der Waals surface area (Å²) in [7, 11) is 0. The predicted molar refractivity (Wildman–Crippen MR) is 98.5 cm³/mol.